The summed E-state index contributed by atoms with van der Waals surface area (Å²) in [6, 6.07) is 7.42. The molecule has 3 heteroatoms. The van der Waals surface area contributed by atoms with E-state index in [0.29, 0.717) is 0 Å². The van der Waals surface area contributed by atoms with E-state index in [-0.39, 0.29) is 18.7 Å². The standard InChI is InChI=1S/C14H20O3/c1-10(17-13(16)14(2,3)4)12-7-5-6-11(8-12)9-15/h5-8,10,15H,9H2,1-4H3/t10-/m0/s1. The lowest BCUT2D eigenvalue weighted by atomic mass is 9.97. The molecule has 94 valence electrons. The zero-order valence-electron chi connectivity index (χ0n) is 10.9. The predicted molar refractivity (Wildman–Crippen MR) is 66.3 cm³/mol. The van der Waals surface area contributed by atoms with Gasteiger partial charge in [-0.2, -0.15) is 0 Å². The molecule has 17 heavy (non-hydrogen) atoms. The summed E-state index contributed by atoms with van der Waals surface area (Å²) < 4.78 is 5.38. The molecule has 0 heterocycles. The van der Waals surface area contributed by atoms with Crippen LogP contribution in [0.2, 0.25) is 0 Å². The second-order valence-electron chi connectivity index (χ2n) is 5.20. The highest BCUT2D eigenvalue weighted by Gasteiger charge is 2.25. The van der Waals surface area contributed by atoms with Crippen LogP contribution in [0, 0.1) is 5.41 Å². The third-order valence-corrected chi connectivity index (χ3v) is 2.50. The number of esters is 1. The van der Waals surface area contributed by atoms with Crippen molar-refractivity contribution >= 4 is 5.97 Å². The van der Waals surface area contributed by atoms with Crippen LogP contribution in [-0.4, -0.2) is 11.1 Å². The van der Waals surface area contributed by atoms with Gasteiger partial charge in [0, 0.05) is 0 Å². The third kappa shape index (κ3) is 3.86. The highest BCUT2D eigenvalue weighted by Crippen LogP contribution is 2.23. The predicted octanol–water partition coefficient (Wildman–Crippen LogP) is 2.83. The molecule has 1 N–H and O–H groups in total. The summed E-state index contributed by atoms with van der Waals surface area (Å²) in [7, 11) is 0. The van der Waals surface area contributed by atoms with Gasteiger partial charge in [0.1, 0.15) is 6.10 Å². The molecule has 0 aliphatic heterocycles. The van der Waals surface area contributed by atoms with Crippen molar-refractivity contribution in [2.24, 2.45) is 5.41 Å². The van der Waals surface area contributed by atoms with E-state index in [1.54, 1.807) is 0 Å². The normalized spacial score (nSPS) is 13.2. The van der Waals surface area contributed by atoms with Crippen LogP contribution in [-0.2, 0) is 16.1 Å². The van der Waals surface area contributed by atoms with Crippen LogP contribution in [0.4, 0.5) is 0 Å². The number of carbonyl (C=O) groups excluding carboxylic acids is 1. The smallest absolute Gasteiger partial charge is 0.311 e. The number of hydrogen-bond acceptors (Lipinski definition) is 3. The van der Waals surface area contributed by atoms with Gasteiger partial charge < -0.3 is 9.84 Å². The maximum Gasteiger partial charge on any atom is 0.311 e. The Hall–Kier alpha value is -1.35. The first-order valence-electron chi connectivity index (χ1n) is 5.75. The van der Waals surface area contributed by atoms with Gasteiger partial charge in [-0.15, -0.1) is 0 Å². The number of hydrogen-bond donors (Lipinski definition) is 1. The van der Waals surface area contributed by atoms with Gasteiger partial charge in [0.2, 0.25) is 0 Å². The van der Waals surface area contributed by atoms with Crippen LogP contribution in [0.3, 0.4) is 0 Å². The van der Waals surface area contributed by atoms with Crippen molar-refractivity contribution in [2.75, 3.05) is 0 Å². The van der Waals surface area contributed by atoms with Crippen LogP contribution in [0.25, 0.3) is 0 Å². The molecular formula is C14H20O3. The van der Waals surface area contributed by atoms with E-state index in [4.69, 9.17) is 9.84 Å². The lowest BCUT2D eigenvalue weighted by Crippen LogP contribution is -2.24. The number of rotatable bonds is 3. The molecule has 0 bridgehead atoms. The molecule has 0 aromatic heterocycles. The van der Waals surface area contributed by atoms with Crippen molar-refractivity contribution in [2.45, 2.75) is 40.4 Å². The minimum absolute atomic E-state index is 0.00617. The second-order valence-corrected chi connectivity index (χ2v) is 5.20. The Morgan fingerprint density at radius 1 is 1.41 bits per heavy atom. The van der Waals surface area contributed by atoms with Crippen LogP contribution in [0.1, 0.15) is 44.9 Å². The van der Waals surface area contributed by atoms with E-state index >= 15 is 0 Å². The molecule has 0 fully saturated rings. The summed E-state index contributed by atoms with van der Waals surface area (Å²) in [6.45, 7) is 7.30. The molecular weight excluding hydrogens is 216 g/mol. The molecule has 1 rings (SSSR count). The summed E-state index contributed by atoms with van der Waals surface area (Å²) in [5.74, 6) is -0.223. The van der Waals surface area contributed by atoms with E-state index in [9.17, 15) is 4.79 Å². The molecule has 0 aliphatic carbocycles. The van der Waals surface area contributed by atoms with Crippen LogP contribution in [0.15, 0.2) is 24.3 Å². The van der Waals surface area contributed by atoms with Gasteiger partial charge in [-0.05, 0) is 44.9 Å². The van der Waals surface area contributed by atoms with Gasteiger partial charge in [0.15, 0.2) is 0 Å². The summed E-state index contributed by atoms with van der Waals surface area (Å²) in [5.41, 5.74) is 1.22. The number of aliphatic hydroxyl groups excluding tert-OH is 1. The molecule has 0 saturated carbocycles. The van der Waals surface area contributed by atoms with Gasteiger partial charge in [-0.1, -0.05) is 18.2 Å². The maximum atomic E-state index is 11.7. The first kappa shape index (κ1) is 13.7. The highest BCUT2D eigenvalue weighted by molar-refractivity contribution is 5.75. The van der Waals surface area contributed by atoms with Crippen LogP contribution in [0.5, 0.6) is 0 Å². The molecule has 0 amide bonds. The summed E-state index contributed by atoms with van der Waals surface area (Å²) in [5, 5.41) is 9.05. The highest BCUT2D eigenvalue weighted by atomic mass is 16.5. The monoisotopic (exact) mass is 236 g/mol. The Kier molecular flexibility index (Phi) is 4.29. The molecule has 0 radical (unpaired) electrons. The number of carbonyl (C=O) groups is 1. The zero-order valence-corrected chi connectivity index (χ0v) is 10.9. The Balaban J connectivity index is 2.76. The lowest BCUT2D eigenvalue weighted by Gasteiger charge is -2.21. The minimum Gasteiger partial charge on any atom is -0.457 e. The molecule has 1 aromatic rings. The first-order valence-corrected chi connectivity index (χ1v) is 5.75. The van der Waals surface area contributed by atoms with Crippen molar-refractivity contribution < 1.29 is 14.6 Å². The average molecular weight is 236 g/mol. The maximum absolute atomic E-state index is 11.7. The van der Waals surface area contributed by atoms with E-state index in [0.717, 1.165) is 11.1 Å². The van der Waals surface area contributed by atoms with Gasteiger partial charge in [0.05, 0.1) is 12.0 Å². The molecule has 0 spiro atoms. The summed E-state index contributed by atoms with van der Waals surface area (Å²) in [4.78, 5) is 11.7. The average Bonchev–Trinajstić information content (AvgIpc) is 2.27. The quantitative estimate of drug-likeness (QED) is 0.821. The number of ether oxygens (including phenoxy) is 1. The van der Waals surface area contributed by atoms with Gasteiger partial charge in [0.25, 0.3) is 0 Å². The van der Waals surface area contributed by atoms with E-state index in [2.05, 4.69) is 0 Å². The number of aliphatic hydroxyl groups is 1. The lowest BCUT2D eigenvalue weighted by molar-refractivity contribution is -0.158. The van der Waals surface area contributed by atoms with Crippen molar-refractivity contribution in [1.82, 2.24) is 0 Å². The van der Waals surface area contributed by atoms with Crippen molar-refractivity contribution in [3.8, 4) is 0 Å². The van der Waals surface area contributed by atoms with Crippen LogP contribution < -0.4 is 0 Å². The molecule has 0 saturated heterocycles. The Labute approximate surface area is 102 Å². The topological polar surface area (TPSA) is 46.5 Å². The molecule has 1 aromatic carbocycles. The van der Waals surface area contributed by atoms with E-state index < -0.39 is 5.41 Å². The van der Waals surface area contributed by atoms with Gasteiger partial charge in [-0.25, -0.2) is 0 Å². The van der Waals surface area contributed by atoms with E-state index in [1.807, 2.05) is 52.0 Å². The number of benzene rings is 1. The fraction of sp³-hybridized carbons (Fsp3) is 0.500. The van der Waals surface area contributed by atoms with Crippen molar-refractivity contribution in [3.05, 3.63) is 35.4 Å². The summed E-state index contributed by atoms with van der Waals surface area (Å²) >= 11 is 0. The summed E-state index contributed by atoms with van der Waals surface area (Å²) in [6.07, 6.45) is -0.298. The largest absolute Gasteiger partial charge is 0.457 e. The molecule has 1 atom stereocenters. The van der Waals surface area contributed by atoms with Gasteiger partial charge in [-0.3, -0.25) is 4.79 Å². The Bertz CT molecular complexity index is 391. The fourth-order valence-corrected chi connectivity index (χ4v) is 1.35. The van der Waals surface area contributed by atoms with Crippen LogP contribution >= 0.6 is 0 Å². The molecule has 0 unspecified atom stereocenters. The van der Waals surface area contributed by atoms with Crippen molar-refractivity contribution in [1.29, 1.82) is 0 Å². The first-order chi connectivity index (χ1) is 7.84. The minimum atomic E-state index is -0.497. The van der Waals surface area contributed by atoms with Crippen molar-refractivity contribution in [3.63, 3.8) is 0 Å². The Morgan fingerprint density at radius 3 is 2.59 bits per heavy atom. The fourth-order valence-electron chi connectivity index (χ4n) is 1.35. The third-order valence-electron chi connectivity index (χ3n) is 2.50. The van der Waals surface area contributed by atoms with E-state index in [1.165, 1.54) is 0 Å². The zero-order chi connectivity index (χ0) is 13.1. The Morgan fingerprint density at radius 2 is 2.06 bits per heavy atom. The SMILES string of the molecule is C[C@H](OC(=O)C(C)(C)C)c1cccc(CO)c1. The molecule has 3 nitrogen and oxygen atoms in total. The second kappa shape index (κ2) is 5.32. The van der Waals surface area contributed by atoms with Gasteiger partial charge >= 0.3 is 5.97 Å². The molecule has 0 aliphatic rings.